The molecule has 0 bridgehead atoms. The van der Waals surface area contributed by atoms with Crippen LogP contribution in [0.25, 0.3) is 0 Å². The van der Waals surface area contributed by atoms with E-state index in [-0.39, 0.29) is 12.6 Å². The lowest BCUT2D eigenvalue weighted by molar-refractivity contribution is 0.0595. The Morgan fingerprint density at radius 1 is 1.71 bits per heavy atom. The van der Waals surface area contributed by atoms with E-state index in [9.17, 15) is 4.79 Å². The van der Waals surface area contributed by atoms with Crippen molar-refractivity contribution in [3.05, 3.63) is 23.5 Å². The molecule has 0 amide bonds. The summed E-state index contributed by atoms with van der Waals surface area (Å²) in [7, 11) is 1.34. The summed E-state index contributed by atoms with van der Waals surface area (Å²) in [5.41, 5.74) is 1.40. The number of ether oxygens (including phenoxy) is 1. The van der Waals surface area contributed by atoms with Crippen LogP contribution in [-0.2, 0) is 11.3 Å². The van der Waals surface area contributed by atoms with Gasteiger partial charge in [-0.1, -0.05) is 0 Å². The average Bonchev–Trinajstić information content (AvgIpc) is 2.66. The summed E-state index contributed by atoms with van der Waals surface area (Å²) in [4.78, 5) is 13.8. The number of H-pyrrole nitrogens is 1. The van der Waals surface area contributed by atoms with E-state index in [1.54, 1.807) is 12.3 Å². The van der Waals surface area contributed by atoms with Crippen LogP contribution in [0.3, 0.4) is 0 Å². The fourth-order valence-electron chi connectivity index (χ4n) is 1.08. The van der Waals surface area contributed by atoms with Gasteiger partial charge in [-0.25, -0.2) is 4.79 Å². The normalized spacial score (nSPS) is 10.1. The van der Waals surface area contributed by atoms with Gasteiger partial charge in [-0.15, -0.1) is 0 Å². The first-order valence-corrected chi connectivity index (χ1v) is 4.35. The van der Waals surface area contributed by atoms with Crippen LogP contribution >= 0.6 is 0 Å². The van der Waals surface area contributed by atoms with E-state index in [0.29, 0.717) is 18.8 Å². The van der Waals surface area contributed by atoms with Gasteiger partial charge in [0.15, 0.2) is 0 Å². The molecule has 0 aliphatic rings. The molecule has 3 N–H and O–H groups in total. The maximum Gasteiger partial charge on any atom is 0.354 e. The number of methoxy groups -OCH3 is 1. The molecule has 1 aromatic heterocycles. The van der Waals surface area contributed by atoms with Gasteiger partial charge in [-0.05, 0) is 11.6 Å². The van der Waals surface area contributed by atoms with E-state index in [1.807, 2.05) is 0 Å². The van der Waals surface area contributed by atoms with Crippen molar-refractivity contribution in [1.29, 1.82) is 0 Å². The largest absolute Gasteiger partial charge is 0.464 e. The number of aromatic amines is 1. The van der Waals surface area contributed by atoms with Crippen molar-refractivity contribution in [2.45, 2.75) is 6.54 Å². The lowest BCUT2D eigenvalue weighted by Gasteiger charge is -1.98. The highest BCUT2D eigenvalue weighted by molar-refractivity contribution is 5.87. The van der Waals surface area contributed by atoms with Crippen molar-refractivity contribution in [2.75, 3.05) is 20.3 Å². The highest BCUT2D eigenvalue weighted by atomic mass is 16.5. The first kappa shape index (κ1) is 10.7. The summed E-state index contributed by atoms with van der Waals surface area (Å²) in [5.74, 6) is -0.376. The number of carbonyl (C=O) groups is 1. The van der Waals surface area contributed by atoms with Gasteiger partial charge in [-0.2, -0.15) is 0 Å². The van der Waals surface area contributed by atoms with Gasteiger partial charge in [0.05, 0.1) is 13.7 Å². The van der Waals surface area contributed by atoms with E-state index in [0.717, 1.165) is 5.56 Å². The molecule has 1 rings (SSSR count). The van der Waals surface area contributed by atoms with Crippen LogP contribution in [0.2, 0.25) is 0 Å². The molecule has 0 fully saturated rings. The molecule has 0 aliphatic carbocycles. The molecule has 0 saturated heterocycles. The third-order valence-electron chi connectivity index (χ3n) is 1.77. The van der Waals surface area contributed by atoms with Crippen molar-refractivity contribution in [1.82, 2.24) is 10.3 Å². The minimum atomic E-state index is -0.376. The molecular formula is C9H14N2O3. The molecule has 5 nitrogen and oxygen atoms in total. The van der Waals surface area contributed by atoms with Crippen molar-refractivity contribution in [3.63, 3.8) is 0 Å². The van der Waals surface area contributed by atoms with Crippen molar-refractivity contribution < 1.29 is 14.6 Å². The first-order valence-electron chi connectivity index (χ1n) is 4.35. The van der Waals surface area contributed by atoms with E-state index in [1.165, 1.54) is 7.11 Å². The third kappa shape index (κ3) is 2.86. The fourth-order valence-corrected chi connectivity index (χ4v) is 1.08. The number of aliphatic hydroxyl groups is 1. The molecule has 14 heavy (non-hydrogen) atoms. The number of nitrogens with one attached hydrogen (secondary N) is 2. The van der Waals surface area contributed by atoms with Crippen LogP contribution in [0.1, 0.15) is 16.1 Å². The van der Waals surface area contributed by atoms with Gasteiger partial charge in [-0.3, -0.25) is 0 Å². The Morgan fingerprint density at radius 2 is 2.50 bits per heavy atom. The summed E-state index contributed by atoms with van der Waals surface area (Å²) >= 11 is 0. The Morgan fingerprint density at radius 3 is 3.14 bits per heavy atom. The molecule has 0 spiro atoms. The second-order valence-corrected chi connectivity index (χ2v) is 2.81. The highest BCUT2D eigenvalue weighted by Gasteiger charge is 2.07. The van der Waals surface area contributed by atoms with E-state index < -0.39 is 0 Å². The van der Waals surface area contributed by atoms with E-state index in [4.69, 9.17) is 5.11 Å². The number of esters is 1. The van der Waals surface area contributed by atoms with Crippen LogP contribution < -0.4 is 5.32 Å². The Kier molecular flexibility index (Phi) is 4.15. The van der Waals surface area contributed by atoms with Gasteiger partial charge >= 0.3 is 5.97 Å². The molecule has 5 heteroatoms. The summed E-state index contributed by atoms with van der Waals surface area (Å²) in [6.07, 6.45) is 1.73. The lowest BCUT2D eigenvalue weighted by atomic mass is 10.3. The van der Waals surface area contributed by atoms with Gasteiger partial charge < -0.3 is 20.1 Å². The average molecular weight is 198 g/mol. The van der Waals surface area contributed by atoms with Crippen molar-refractivity contribution in [3.8, 4) is 0 Å². The van der Waals surface area contributed by atoms with Crippen LogP contribution in [0.4, 0.5) is 0 Å². The topological polar surface area (TPSA) is 74.3 Å². The zero-order valence-corrected chi connectivity index (χ0v) is 8.04. The lowest BCUT2D eigenvalue weighted by Crippen LogP contribution is -2.16. The second kappa shape index (κ2) is 5.41. The molecule has 0 atom stereocenters. The maximum absolute atomic E-state index is 11.0. The van der Waals surface area contributed by atoms with Gasteiger partial charge in [0.25, 0.3) is 0 Å². The Balaban J connectivity index is 2.46. The Labute approximate surface area is 82.1 Å². The smallest absolute Gasteiger partial charge is 0.354 e. The summed E-state index contributed by atoms with van der Waals surface area (Å²) < 4.78 is 4.54. The quantitative estimate of drug-likeness (QED) is 0.455. The SMILES string of the molecule is COC(=O)c1cc(CNCCO)c[nH]1. The molecular weight excluding hydrogens is 184 g/mol. The minimum Gasteiger partial charge on any atom is -0.464 e. The van der Waals surface area contributed by atoms with Gasteiger partial charge in [0, 0.05) is 19.3 Å². The molecule has 0 aliphatic heterocycles. The number of carbonyl (C=O) groups excluding carboxylic acids is 1. The fraction of sp³-hybridized carbons (Fsp3) is 0.444. The maximum atomic E-state index is 11.0. The van der Waals surface area contributed by atoms with Crippen LogP contribution in [0.15, 0.2) is 12.3 Å². The number of hydrogen-bond acceptors (Lipinski definition) is 4. The molecule has 78 valence electrons. The Hall–Kier alpha value is -1.33. The predicted molar refractivity (Wildman–Crippen MR) is 50.9 cm³/mol. The van der Waals surface area contributed by atoms with Gasteiger partial charge in [0.1, 0.15) is 5.69 Å². The summed E-state index contributed by atoms with van der Waals surface area (Å²) in [6, 6.07) is 1.72. The van der Waals surface area contributed by atoms with Crippen LogP contribution in [0.5, 0.6) is 0 Å². The number of aromatic nitrogens is 1. The zero-order chi connectivity index (χ0) is 10.4. The Bertz CT molecular complexity index is 296. The van der Waals surface area contributed by atoms with Crippen molar-refractivity contribution in [2.24, 2.45) is 0 Å². The molecule has 0 saturated carbocycles. The van der Waals surface area contributed by atoms with Gasteiger partial charge in [0.2, 0.25) is 0 Å². The summed E-state index contributed by atoms with van der Waals surface area (Å²) in [5, 5.41) is 11.5. The third-order valence-corrected chi connectivity index (χ3v) is 1.77. The second-order valence-electron chi connectivity index (χ2n) is 2.81. The number of rotatable bonds is 5. The molecule has 1 heterocycles. The first-order chi connectivity index (χ1) is 6.77. The predicted octanol–water partition coefficient (Wildman–Crippen LogP) is -0.117. The zero-order valence-electron chi connectivity index (χ0n) is 8.04. The highest BCUT2D eigenvalue weighted by Crippen LogP contribution is 2.04. The standard InChI is InChI=1S/C9H14N2O3/c1-14-9(13)8-4-7(6-11-8)5-10-2-3-12/h4,6,10-12H,2-3,5H2,1H3. The van der Waals surface area contributed by atoms with E-state index in [2.05, 4.69) is 15.0 Å². The number of hydrogen-bond donors (Lipinski definition) is 3. The van der Waals surface area contributed by atoms with Crippen molar-refractivity contribution >= 4 is 5.97 Å². The molecule has 0 unspecified atom stereocenters. The monoisotopic (exact) mass is 198 g/mol. The summed E-state index contributed by atoms with van der Waals surface area (Å²) in [6.45, 7) is 1.26. The minimum absolute atomic E-state index is 0.105. The van der Waals surface area contributed by atoms with E-state index >= 15 is 0 Å². The molecule has 1 aromatic rings. The molecule has 0 aromatic carbocycles. The number of aliphatic hydroxyl groups excluding tert-OH is 1. The van der Waals surface area contributed by atoms with Crippen LogP contribution in [0, 0.1) is 0 Å². The molecule has 0 radical (unpaired) electrons. The van der Waals surface area contributed by atoms with Crippen LogP contribution in [-0.4, -0.2) is 36.3 Å².